The molecule has 0 aliphatic heterocycles. The smallest absolute Gasteiger partial charge is 0.238 e. The van der Waals surface area contributed by atoms with Gasteiger partial charge in [-0.05, 0) is 36.7 Å². The standard InChI is InChI=1S/C14H14Cl2N2OS/c1-18(8-11-3-2-6-20-11)9-14(19)17-13-7-10(15)4-5-12(13)16/h2-7H,8-9H2,1H3,(H,17,19). The average Bonchev–Trinajstić information content (AvgIpc) is 2.86. The first-order valence-electron chi connectivity index (χ1n) is 6.00. The van der Waals surface area contributed by atoms with E-state index >= 15 is 0 Å². The summed E-state index contributed by atoms with van der Waals surface area (Å²) < 4.78 is 0. The number of amides is 1. The summed E-state index contributed by atoms with van der Waals surface area (Å²) in [5, 5.41) is 5.80. The molecule has 3 nitrogen and oxygen atoms in total. The minimum atomic E-state index is -0.117. The molecule has 1 heterocycles. The van der Waals surface area contributed by atoms with Gasteiger partial charge in [0.2, 0.25) is 5.91 Å². The number of carbonyl (C=O) groups is 1. The van der Waals surface area contributed by atoms with Gasteiger partial charge in [-0.3, -0.25) is 9.69 Å². The molecule has 2 rings (SSSR count). The van der Waals surface area contributed by atoms with Crippen molar-refractivity contribution in [2.75, 3.05) is 18.9 Å². The number of hydrogen-bond donors (Lipinski definition) is 1. The lowest BCUT2D eigenvalue weighted by molar-refractivity contribution is -0.117. The summed E-state index contributed by atoms with van der Waals surface area (Å²) in [7, 11) is 1.90. The van der Waals surface area contributed by atoms with Gasteiger partial charge in [-0.25, -0.2) is 0 Å². The van der Waals surface area contributed by atoms with E-state index in [4.69, 9.17) is 23.2 Å². The number of anilines is 1. The highest BCUT2D eigenvalue weighted by molar-refractivity contribution is 7.09. The Hall–Kier alpha value is -1.07. The van der Waals surface area contributed by atoms with Crippen LogP contribution in [0.3, 0.4) is 0 Å². The normalized spacial score (nSPS) is 10.8. The van der Waals surface area contributed by atoms with E-state index in [-0.39, 0.29) is 5.91 Å². The SMILES string of the molecule is CN(CC(=O)Nc1cc(Cl)ccc1Cl)Cc1cccs1. The number of hydrogen-bond acceptors (Lipinski definition) is 3. The molecule has 0 atom stereocenters. The third-order valence-electron chi connectivity index (χ3n) is 2.62. The van der Waals surface area contributed by atoms with Crippen molar-refractivity contribution in [2.24, 2.45) is 0 Å². The van der Waals surface area contributed by atoms with Gasteiger partial charge >= 0.3 is 0 Å². The Morgan fingerprint density at radius 3 is 2.85 bits per heavy atom. The van der Waals surface area contributed by atoms with Crippen LogP contribution in [0.4, 0.5) is 5.69 Å². The molecular formula is C14H14Cl2N2OS. The third-order valence-corrected chi connectivity index (χ3v) is 4.05. The third kappa shape index (κ3) is 4.49. The Balaban J connectivity index is 1.90. The molecule has 1 amide bonds. The fourth-order valence-corrected chi connectivity index (χ4v) is 2.87. The van der Waals surface area contributed by atoms with E-state index in [1.807, 2.05) is 29.5 Å². The van der Waals surface area contributed by atoms with Crippen LogP contribution >= 0.6 is 34.5 Å². The van der Waals surface area contributed by atoms with Crippen molar-refractivity contribution in [3.05, 3.63) is 50.6 Å². The van der Waals surface area contributed by atoms with Gasteiger partial charge in [0, 0.05) is 16.4 Å². The van der Waals surface area contributed by atoms with Crippen molar-refractivity contribution in [3.63, 3.8) is 0 Å². The molecule has 0 unspecified atom stereocenters. The van der Waals surface area contributed by atoms with Crippen LogP contribution in [0.2, 0.25) is 10.0 Å². The average molecular weight is 329 g/mol. The minimum absolute atomic E-state index is 0.117. The first kappa shape index (κ1) is 15.3. The van der Waals surface area contributed by atoms with Crippen molar-refractivity contribution in [2.45, 2.75) is 6.54 Å². The molecule has 0 saturated heterocycles. The van der Waals surface area contributed by atoms with E-state index in [1.165, 1.54) is 4.88 Å². The summed E-state index contributed by atoms with van der Waals surface area (Å²) in [6, 6.07) is 9.03. The van der Waals surface area contributed by atoms with Gasteiger partial charge in [0.05, 0.1) is 17.3 Å². The number of rotatable bonds is 5. The lowest BCUT2D eigenvalue weighted by atomic mass is 10.3. The van der Waals surface area contributed by atoms with Crippen molar-refractivity contribution < 1.29 is 4.79 Å². The van der Waals surface area contributed by atoms with E-state index < -0.39 is 0 Å². The molecule has 106 valence electrons. The van der Waals surface area contributed by atoms with Gasteiger partial charge in [-0.2, -0.15) is 0 Å². The molecule has 1 N–H and O–H groups in total. The van der Waals surface area contributed by atoms with Gasteiger partial charge in [0.25, 0.3) is 0 Å². The van der Waals surface area contributed by atoms with Gasteiger partial charge in [0.15, 0.2) is 0 Å². The fourth-order valence-electron chi connectivity index (χ4n) is 1.75. The molecule has 0 bridgehead atoms. The largest absolute Gasteiger partial charge is 0.324 e. The highest BCUT2D eigenvalue weighted by Gasteiger charge is 2.10. The lowest BCUT2D eigenvalue weighted by Crippen LogP contribution is -2.29. The maximum Gasteiger partial charge on any atom is 0.238 e. The number of likely N-dealkylation sites (N-methyl/N-ethyl adjacent to an activating group) is 1. The van der Waals surface area contributed by atoms with Crippen LogP contribution in [0.25, 0.3) is 0 Å². The van der Waals surface area contributed by atoms with E-state index in [0.29, 0.717) is 22.3 Å². The maximum atomic E-state index is 12.0. The molecule has 0 spiro atoms. The summed E-state index contributed by atoms with van der Waals surface area (Å²) in [6.07, 6.45) is 0. The molecule has 6 heteroatoms. The monoisotopic (exact) mass is 328 g/mol. The minimum Gasteiger partial charge on any atom is -0.324 e. The van der Waals surface area contributed by atoms with E-state index in [9.17, 15) is 4.79 Å². The van der Waals surface area contributed by atoms with Crippen LogP contribution in [0.15, 0.2) is 35.7 Å². The van der Waals surface area contributed by atoms with Crippen LogP contribution in [0.1, 0.15) is 4.88 Å². The molecule has 1 aromatic carbocycles. The highest BCUT2D eigenvalue weighted by atomic mass is 35.5. The Morgan fingerprint density at radius 2 is 2.15 bits per heavy atom. The second kappa shape index (κ2) is 7.09. The predicted octanol–water partition coefficient (Wildman–Crippen LogP) is 4.13. The van der Waals surface area contributed by atoms with Gasteiger partial charge < -0.3 is 5.32 Å². The number of halogens is 2. The summed E-state index contributed by atoms with van der Waals surface area (Å²) in [6.45, 7) is 1.04. The molecule has 2 aromatic rings. The Morgan fingerprint density at radius 1 is 1.35 bits per heavy atom. The van der Waals surface area contributed by atoms with Crippen molar-refractivity contribution in [1.82, 2.24) is 4.90 Å². The van der Waals surface area contributed by atoms with Crippen LogP contribution in [-0.2, 0) is 11.3 Å². The van der Waals surface area contributed by atoms with Crippen LogP contribution < -0.4 is 5.32 Å². The Labute approximate surface area is 132 Å². The molecule has 20 heavy (non-hydrogen) atoms. The van der Waals surface area contributed by atoms with E-state index in [0.717, 1.165) is 6.54 Å². The van der Waals surface area contributed by atoms with Crippen molar-refractivity contribution in [1.29, 1.82) is 0 Å². The lowest BCUT2D eigenvalue weighted by Gasteiger charge is -2.15. The van der Waals surface area contributed by atoms with Crippen LogP contribution in [0, 0.1) is 0 Å². The van der Waals surface area contributed by atoms with E-state index in [2.05, 4.69) is 5.32 Å². The molecule has 0 saturated carbocycles. The zero-order chi connectivity index (χ0) is 14.5. The number of thiophene rings is 1. The maximum absolute atomic E-state index is 12.0. The predicted molar refractivity (Wildman–Crippen MR) is 85.7 cm³/mol. The Bertz CT molecular complexity index is 587. The Kier molecular flexibility index (Phi) is 5.43. The number of nitrogens with zero attached hydrogens (tertiary/aromatic N) is 1. The summed E-state index contributed by atoms with van der Waals surface area (Å²) >= 11 is 13.6. The molecule has 0 radical (unpaired) electrons. The zero-order valence-corrected chi connectivity index (χ0v) is 13.2. The number of carbonyl (C=O) groups excluding carboxylic acids is 1. The first-order chi connectivity index (χ1) is 9.54. The highest BCUT2D eigenvalue weighted by Crippen LogP contribution is 2.25. The number of benzene rings is 1. The first-order valence-corrected chi connectivity index (χ1v) is 7.64. The van der Waals surface area contributed by atoms with Gasteiger partial charge in [0.1, 0.15) is 0 Å². The topological polar surface area (TPSA) is 32.3 Å². The number of nitrogens with one attached hydrogen (secondary N) is 1. The molecule has 0 aliphatic carbocycles. The van der Waals surface area contributed by atoms with Crippen molar-refractivity contribution >= 4 is 46.1 Å². The van der Waals surface area contributed by atoms with Crippen LogP contribution in [0.5, 0.6) is 0 Å². The molecule has 1 aromatic heterocycles. The van der Waals surface area contributed by atoms with Gasteiger partial charge in [-0.1, -0.05) is 29.3 Å². The van der Waals surface area contributed by atoms with Crippen molar-refractivity contribution in [3.8, 4) is 0 Å². The van der Waals surface area contributed by atoms with E-state index in [1.54, 1.807) is 29.5 Å². The second-order valence-corrected chi connectivity index (χ2v) is 6.30. The quantitative estimate of drug-likeness (QED) is 0.895. The van der Waals surface area contributed by atoms with Gasteiger partial charge in [-0.15, -0.1) is 11.3 Å². The van der Waals surface area contributed by atoms with Crippen LogP contribution in [-0.4, -0.2) is 24.4 Å². The second-order valence-electron chi connectivity index (χ2n) is 4.42. The summed E-state index contributed by atoms with van der Waals surface area (Å²) in [5.74, 6) is -0.117. The fraction of sp³-hybridized carbons (Fsp3) is 0.214. The molecule has 0 aliphatic rings. The summed E-state index contributed by atoms with van der Waals surface area (Å²) in [4.78, 5) is 15.1. The molecule has 0 fully saturated rings. The molecular weight excluding hydrogens is 315 g/mol. The summed E-state index contributed by atoms with van der Waals surface area (Å²) in [5.41, 5.74) is 0.536. The zero-order valence-electron chi connectivity index (χ0n) is 10.9.